The zero-order valence-electron chi connectivity index (χ0n) is 9.86. The highest BCUT2D eigenvalue weighted by Gasteiger charge is 2.21. The van der Waals surface area contributed by atoms with Gasteiger partial charge in [0.15, 0.2) is 0 Å². The van der Waals surface area contributed by atoms with Gasteiger partial charge in [-0.3, -0.25) is 4.90 Å². The Labute approximate surface area is 102 Å². The topological polar surface area (TPSA) is 29.3 Å². The van der Waals surface area contributed by atoms with Crippen molar-refractivity contribution in [3.8, 4) is 0 Å². The number of nitrogens with zero attached hydrogens (tertiary/aromatic N) is 1. The summed E-state index contributed by atoms with van der Waals surface area (Å²) < 4.78 is 0. The Morgan fingerprint density at radius 2 is 2.00 bits per heavy atom. The van der Waals surface area contributed by atoms with Crippen molar-refractivity contribution >= 4 is 11.8 Å². The van der Waals surface area contributed by atoms with Crippen LogP contribution in [0.3, 0.4) is 0 Å². The van der Waals surface area contributed by atoms with Gasteiger partial charge in [0.05, 0.1) is 0 Å². The van der Waals surface area contributed by atoms with E-state index in [0.29, 0.717) is 6.04 Å². The molecule has 1 fully saturated rings. The van der Waals surface area contributed by atoms with Crippen LogP contribution in [0.2, 0.25) is 0 Å². The van der Waals surface area contributed by atoms with Gasteiger partial charge in [-0.15, -0.1) is 0 Å². The van der Waals surface area contributed by atoms with Gasteiger partial charge in [0, 0.05) is 37.2 Å². The first-order valence-electron chi connectivity index (χ1n) is 5.90. The summed E-state index contributed by atoms with van der Waals surface area (Å²) in [4.78, 5) is 2.53. The van der Waals surface area contributed by atoms with E-state index in [9.17, 15) is 0 Å². The highest BCUT2D eigenvalue weighted by molar-refractivity contribution is 7.99. The van der Waals surface area contributed by atoms with Crippen LogP contribution in [0.15, 0.2) is 24.3 Å². The lowest BCUT2D eigenvalue weighted by Crippen LogP contribution is -2.39. The minimum Gasteiger partial charge on any atom is -0.329 e. The summed E-state index contributed by atoms with van der Waals surface area (Å²) in [5.41, 5.74) is 8.71. The van der Waals surface area contributed by atoms with Crippen LogP contribution in [0.1, 0.15) is 17.2 Å². The van der Waals surface area contributed by atoms with Gasteiger partial charge in [-0.05, 0) is 18.1 Å². The molecule has 2 nitrogen and oxygen atoms in total. The van der Waals surface area contributed by atoms with Crippen molar-refractivity contribution in [1.82, 2.24) is 4.90 Å². The van der Waals surface area contributed by atoms with Crippen LogP contribution in [0.25, 0.3) is 0 Å². The predicted octanol–water partition coefficient (Wildman–Crippen LogP) is 2.04. The molecule has 1 unspecified atom stereocenters. The van der Waals surface area contributed by atoms with Crippen molar-refractivity contribution in [2.45, 2.75) is 13.0 Å². The summed E-state index contributed by atoms with van der Waals surface area (Å²) in [6, 6.07) is 9.01. The van der Waals surface area contributed by atoms with E-state index in [-0.39, 0.29) is 0 Å². The maximum Gasteiger partial charge on any atom is 0.0473 e. The van der Waals surface area contributed by atoms with Gasteiger partial charge in [-0.2, -0.15) is 11.8 Å². The van der Waals surface area contributed by atoms with Gasteiger partial charge in [0.2, 0.25) is 0 Å². The molecular weight excluding hydrogens is 216 g/mol. The van der Waals surface area contributed by atoms with Crippen LogP contribution < -0.4 is 5.73 Å². The smallest absolute Gasteiger partial charge is 0.0473 e. The van der Waals surface area contributed by atoms with Gasteiger partial charge < -0.3 is 5.73 Å². The highest BCUT2D eigenvalue weighted by Crippen LogP contribution is 2.25. The standard InChI is InChI=1S/C13H20N2S/c1-11-4-2-3-5-12(11)13(10-14)15-6-8-16-9-7-15/h2-5,13H,6-10,14H2,1H3. The molecule has 1 heterocycles. The zero-order valence-corrected chi connectivity index (χ0v) is 10.7. The fraction of sp³-hybridized carbons (Fsp3) is 0.538. The first-order chi connectivity index (χ1) is 7.83. The Kier molecular flexibility index (Phi) is 4.27. The molecule has 1 atom stereocenters. The number of aryl methyl sites for hydroxylation is 1. The Morgan fingerprint density at radius 3 is 2.62 bits per heavy atom. The van der Waals surface area contributed by atoms with E-state index in [1.54, 1.807) is 0 Å². The molecule has 0 saturated carbocycles. The molecule has 1 aromatic rings. The van der Waals surface area contributed by atoms with Crippen LogP contribution in [-0.2, 0) is 0 Å². The second-order valence-electron chi connectivity index (χ2n) is 4.26. The minimum absolute atomic E-state index is 0.405. The molecule has 0 aromatic heterocycles. The Bertz CT molecular complexity index is 334. The zero-order chi connectivity index (χ0) is 11.4. The van der Waals surface area contributed by atoms with E-state index in [1.165, 1.54) is 35.7 Å². The molecule has 2 N–H and O–H groups in total. The third kappa shape index (κ3) is 2.59. The number of hydrogen-bond donors (Lipinski definition) is 1. The molecule has 0 amide bonds. The molecule has 0 aliphatic carbocycles. The van der Waals surface area contributed by atoms with Crippen molar-refractivity contribution in [3.05, 3.63) is 35.4 Å². The van der Waals surface area contributed by atoms with E-state index in [1.807, 2.05) is 11.8 Å². The summed E-state index contributed by atoms with van der Waals surface area (Å²) in [5.74, 6) is 2.48. The van der Waals surface area contributed by atoms with Crippen LogP contribution in [0.4, 0.5) is 0 Å². The molecule has 16 heavy (non-hydrogen) atoms. The molecule has 0 radical (unpaired) electrons. The van der Waals surface area contributed by atoms with Gasteiger partial charge in [-0.1, -0.05) is 24.3 Å². The van der Waals surface area contributed by atoms with Crippen molar-refractivity contribution in [1.29, 1.82) is 0 Å². The SMILES string of the molecule is Cc1ccccc1C(CN)N1CCSCC1. The first kappa shape index (κ1) is 12.0. The Balaban J connectivity index is 2.18. The Hall–Kier alpha value is -0.510. The maximum atomic E-state index is 5.96. The molecule has 1 aliphatic heterocycles. The molecule has 88 valence electrons. The van der Waals surface area contributed by atoms with Crippen LogP contribution in [0, 0.1) is 6.92 Å². The number of hydrogen-bond acceptors (Lipinski definition) is 3. The minimum atomic E-state index is 0.405. The van der Waals surface area contributed by atoms with E-state index < -0.39 is 0 Å². The molecule has 1 aliphatic rings. The monoisotopic (exact) mass is 236 g/mol. The van der Waals surface area contributed by atoms with Crippen LogP contribution in [-0.4, -0.2) is 36.0 Å². The van der Waals surface area contributed by atoms with Gasteiger partial charge in [0.25, 0.3) is 0 Å². The fourth-order valence-corrected chi connectivity index (χ4v) is 3.25. The third-order valence-electron chi connectivity index (χ3n) is 3.26. The molecule has 0 spiro atoms. The number of benzene rings is 1. The van der Waals surface area contributed by atoms with Crippen molar-refractivity contribution < 1.29 is 0 Å². The van der Waals surface area contributed by atoms with E-state index in [0.717, 1.165) is 6.54 Å². The number of thioether (sulfide) groups is 1. The Morgan fingerprint density at radius 1 is 1.31 bits per heavy atom. The normalized spacial score (nSPS) is 19.6. The predicted molar refractivity (Wildman–Crippen MR) is 71.9 cm³/mol. The van der Waals surface area contributed by atoms with Crippen LogP contribution in [0.5, 0.6) is 0 Å². The van der Waals surface area contributed by atoms with Crippen molar-refractivity contribution in [3.63, 3.8) is 0 Å². The van der Waals surface area contributed by atoms with E-state index >= 15 is 0 Å². The fourth-order valence-electron chi connectivity index (χ4n) is 2.32. The highest BCUT2D eigenvalue weighted by atomic mass is 32.2. The third-order valence-corrected chi connectivity index (χ3v) is 4.20. The molecule has 1 aromatic carbocycles. The van der Waals surface area contributed by atoms with Gasteiger partial charge >= 0.3 is 0 Å². The van der Waals surface area contributed by atoms with E-state index in [4.69, 9.17) is 5.73 Å². The lowest BCUT2D eigenvalue weighted by molar-refractivity contribution is 0.222. The lowest BCUT2D eigenvalue weighted by Gasteiger charge is -2.34. The molecular formula is C13H20N2S. The summed E-state index contributed by atoms with van der Waals surface area (Å²) in [6.45, 7) is 5.23. The number of nitrogens with two attached hydrogens (primary N) is 1. The second kappa shape index (κ2) is 5.71. The van der Waals surface area contributed by atoms with Crippen molar-refractivity contribution in [2.24, 2.45) is 5.73 Å². The van der Waals surface area contributed by atoms with Crippen LogP contribution >= 0.6 is 11.8 Å². The summed E-state index contributed by atoms with van der Waals surface area (Å²) in [5, 5.41) is 0. The quantitative estimate of drug-likeness (QED) is 0.871. The van der Waals surface area contributed by atoms with E-state index in [2.05, 4.69) is 36.1 Å². The largest absolute Gasteiger partial charge is 0.329 e. The maximum absolute atomic E-state index is 5.96. The lowest BCUT2D eigenvalue weighted by atomic mass is 10.00. The second-order valence-corrected chi connectivity index (χ2v) is 5.48. The molecule has 1 saturated heterocycles. The molecule has 0 bridgehead atoms. The van der Waals surface area contributed by atoms with Crippen molar-refractivity contribution in [2.75, 3.05) is 31.1 Å². The average molecular weight is 236 g/mol. The van der Waals surface area contributed by atoms with Gasteiger partial charge in [0.1, 0.15) is 0 Å². The first-order valence-corrected chi connectivity index (χ1v) is 7.06. The summed E-state index contributed by atoms with van der Waals surface area (Å²) in [6.07, 6.45) is 0. The number of rotatable bonds is 3. The summed E-state index contributed by atoms with van der Waals surface area (Å²) in [7, 11) is 0. The average Bonchev–Trinajstić information content (AvgIpc) is 2.34. The molecule has 3 heteroatoms. The van der Waals surface area contributed by atoms with Gasteiger partial charge in [-0.25, -0.2) is 0 Å². The molecule has 2 rings (SSSR count). The summed E-state index contributed by atoms with van der Waals surface area (Å²) >= 11 is 2.04.